The van der Waals surface area contributed by atoms with E-state index in [1.54, 1.807) is 30.3 Å². The Hall–Kier alpha value is -1.62. The first-order valence-corrected chi connectivity index (χ1v) is 8.09. The Kier molecular flexibility index (Phi) is 6.45. The number of esters is 1. The highest BCUT2D eigenvalue weighted by Gasteiger charge is 2.19. The van der Waals surface area contributed by atoms with Crippen molar-refractivity contribution >= 4 is 15.8 Å². The molecule has 0 aliphatic rings. The van der Waals surface area contributed by atoms with Gasteiger partial charge in [0.25, 0.3) is 0 Å². The zero-order valence-electron chi connectivity index (χ0n) is 11.8. The molecule has 0 amide bonds. The highest BCUT2D eigenvalue weighted by Crippen LogP contribution is 2.23. The van der Waals surface area contributed by atoms with Crippen molar-refractivity contribution in [2.45, 2.75) is 38.0 Å². The lowest BCUT2D eigenvalue weighted by Gasteiger charge is -2.09. The van der Waals surface area contributed by atoms with Gasteiger partial charge in [-0.05, 0) is 31.1 Å². The summed E-state index contributed by atoms with van der Waals surface area (Å²) in [5.41, 5.74) is 0. The molecule has 0 aliphatic carbocycles. The molecule has 0 saturated heterocycles. The number of unbranched alkanes of at least 4 members (excludes halogenated alkanes) is 1. The van der Waals surface area contributed by atoms with Crippen molar-refractivity contribution in [1.82, 2.24) is 0 Å². The summed E-state index contributed by atoms with van der Waals surface area (Å²) >= 11 is 0. The minimum absolute atomic E-state index is 0.0134. The fourth-order valence-corrected chi connectivity index (χ4v) is 3.22. The number of carbonyl (C=O) groups excluding carboxylic acids is 1. The van der Waals surface area contributed by atoms with Crippen LogP contribution in [0.15, 0.2) is 46.2 Å². The lowest BCUT2D eigenvalue weighted by molar-refractivity contribution is -0.139. The van der Waals surface area contributed by atoms with Gasteiger partial charge in [-0.2, -0.15) is 0 Å². The molecule has 0 bridgehead atoms. The normalized spacial score (nSPS) is 12.2. The van der Waals surface area contributed by atoms with E-state index in [9.17, 15) is 13.2 Å². The zero-order valence-corrected chi connectivity index (χ0v) is 12.7. The summed E-state index contributed by atoms with van der Waals surface area (Å²) in [4.78, 5) is 11.3. The van der Waals surface area contributed by atoms with Gasteiger partial charge in [-0.1, -0.05) is 31.5 Å². The Morgan fingerprint density at radius 3 is 2.45 bits per heavy atom. The van der Waals surface area contributed by atoms with Crippen LogP contribution in [-0.4, -0.2) is 21.0 Å². The van der Waals surface area contributed by atoms with Gasteiger partial charge in [0.15, 0.2) is 0 Å². The average Bonchev–Trinajstić information content (AvgIpc) is 2.43. The van der Waals surface area contributed by atoms with E-state index in [0.29, 0.717) is 11.3 Å². The van der Waals surface area contributed by atoms with E-state index in [1.807, 2.05) is 6.92 Å². The summed E-state index contributed by atoms with van der Waals surface area (Å²) in [7, 11) is -3.50. The minimum atomic E-state index is -3.50. The van der Waals surface area contributed by atoms with E-state index in [1.165, 1.54) is 13.0 Å². The number of ether oxygens (including phenoxy) is 1. The van der Waals surface area contributed by atoms with Crippen molar-refractivity contribution in [1.29, 1.82) is 0 Å². The van der Waals surface area contributed by atoms with Gasteiger partial charge in [0.2, 0.25) is 9.84 Å². The Morgan fingerprint density at radius 1 is 1.25 bits per heavy atom. The van der Waals surface area contributed by atoms with E-state index in [2.05, 4.69) is 0 Å². The smallest absolute Gasteiger partial charge is 0.302 e. The van der Waals surface area contributed by atoms with Crippen LogP contribution in [0.4, 0.5) is 0 Å². The van der Waals surface area contributed by atoms with Crippen LogP contribution >= 0.6 is 0 Å². The van der Waals surface area contributed by atoms with Gasteiger partial charge in [-0.25, -0.2) is 8.42 Å². The molecular weight excluding hydrogens is 276 g/mol. The Labute approximate surface area is 120 Å². The van der Waals surface area contributed by atoms with Crippen LogP contribution < -0.4 is 0 Å². The molecule has 5 heteroatoms. The predicted octanol–water partition coefficient (Wildman–Crippen LogP) is 3.10. The molecule has 0 radical (unpaired) electrons. The monoisotopic (exact) mass is 296 g/mol. The summed E-state index contributed by atoms with van der Waals surface area (Å²) in [5.74, 6) is -0.423. The minimum Gasteiger partial charge on any atom is -0.462 e. The van der Waals surface area contributed by atoms with E-state index in [4.69, 9.17) is 4.74 Å². The molecule has 0 heterocycles. The molecule has 0 fully saturated rings. The molecule has 0 atom stereocenters. The van der Waals surface area contributed by atoms with Crippen LogP contribution in [0.3, 0.4) is 0 Å². The van der Waals surface area contributed by atoms with Crippen LogP contribution in [0.2, 0.25) is 0 Å². The summed E-state index contributed by atoms with van der Waals surface area (Å²) in [6.07, 6.45) is 3.61. The number of hydrogen-bond donors (Lipinski definition) is 0. The number of sulfone groups is 1. The van der Waals surface area contributed by atoms with Gasteiger partial charge in [0.1, 0.15) is 6.61 Å². The molecule has 110 valence electrons. The fraction of sp³-hybridized carbons (Fsp3) is 0.400. The second-order valence-corrected chi connectivity index (χ2v) is 6.40. The predicted molar refractivity (Wildman–Crippen MR) is 77.9 cm³/mol. The van der Waals surface area contributed by atoms with Crippen LogP contribution in [-0.2, 0) is 19.4 Å². The maximum absolute atomic E-state index is 12.5. The molecule has 4 nitrogen and oxygen atoms in total. The van der Waals surface area contributed by atoms with Crippen molar-refractivity contribution in [3.05, 3.63) is 41.3 Å². The van der Waals surface area contributed by atoms with Gasteiger partial charge < -0.3 is 4.74 Å². The molecule has 20 heavy (non-hydrogen) atoms. The molecule has 0 aliphatic heterocycles. The third-order valence-electron chi connectivity index (χ3n) is 2.77. The lowest BCUT2D eigenvalue weighted by Crippen LogP contribution is -2.07. The second-order valence-electron chi connectivity index (χ2n) is 4.39. The van der Waals surface area contributed by atoms with Crippen LogP contribution in [0.1, 0.15) is 33.1 Å². The largest absolute Gasteiger partial charge is 0.462 e. The number of hydrogen-bond acceptors (Lipinski definition) is 4. The van der Waals surface area contributed by atoms with Gasteiger partial charge in [0.05, 0.1) is 4.90 Å². The first kappa shape index (κ1) is 16.4. The van der Waals surface area contributed by atoms with Crippen molar-refractivity contribution in [3.63, 3.8) is 0 Å². The summed E-state index contributed by atoms with van der Waals surface area (Å²) in [5, 5.41) is 0. The van der Waals surface area contributed by atoms with E-state index < -0.39 is 15.8 Å². The van der Waals surface area contributed by atoms with Crippen molar-refractivity contribution < 1.29 is 17.9 Å². The van der Waals surface area contributed by atoms with Crippen molar-refractivity contribution in [2.24, 2.45) is 0 Å². The maximum atomic E-state index is 12.5. The van der Waals surface area contributed by atoms with Gasteiger partial charge in [-0.15, -0.1) is 0 Å². The van der Waals surface area contributed by atoms with Crippen molar-refractivity contribution in [2.75, 3.05) is 6.61 Å². The highest BCUT2D eigenvalue weighted by molar-refractivity contribution is 7.95. The van der Waals surface area contributed by atoms with E-state index >= 15 is 0 Å². The lowest BCUT2D eigenvalue weighted by atomic mass is 10.2. The second kappa shape index (κ2) is 7.85. The highest BCUT2D eigenvalue weighted by atomic mass is 32.2. The molecule has 0 N–H and O–H groups in total. The SMILES string of the molecule is CCCC/C(=C/COC(C)=O)S(=O)(=O)c1ccccc1. The molecular formula is C15H20O4S. The molecule has 1 rings (SSSR count). The summed E-state index contributed by atoms with van der Waals surface area (Å²) < 4.78 is 29.8. The summed E-state index contributed by atoms with van der Waals surface area (Å²) in [6.45, 7) is 3.28. The number of allylic oxidation sites excluding steroid dienone is 1. The van der Waals surface area contributed by atoms with Gasteiger partial charge >= 0.3 is 5.97 Å². The first-order chi connectivity index (χ1) is 9.48. The maximum Gasteiger partial charge on any atom is 0.302 e. The van der Waals surface area contributed by atoms with Gasteiger partial charge in [-0.3, -0.25) is 4.79 Å². The Bertz CT molecular complexity index is 559. The molecule has 0 aromatic heterocycles. The zero-order chi connectivity index (χ0) is 15.0. The van der Waals surface area contributed by atoms with Crippen molar-refractivity contribution in [3.8, 4) is 0 Å². The molecule has 1 aromatic carbocycles. The quantitative estimate of drug-likeness (QED) is 0.725. The number of carbonyl (C=O) groups is 1. The molecule has 0 spiro atoms. The standard InChI is InChI=1S/C15H20O4S/c1-3-4-8-15(11-12-19-13(2)16)20(17,18)14-9-6-5-7-10-14/h5-7,9-11H,3-4,8,12H2,1-2H3/b15-11-. The van der Waals surface area contributed by atoms with Crippen LogP contribution in [0.5, 0.6) is 0 Å². The first-order valence-electron chi connectivity index (χ1n) is 6.61. The number of rotatable bonds is 7. The fourth-order valence-electron chi connectivity index (χ4n) is 1.70. The van der Waals surface area contributed by atoms with E-state index in [-0.39, 0.29) is 11.5 Å². The van der Waals surface area contributed by atoms with Gasteiger partial charge in [0, 0.05) is 11.8 Å². The Balaban J connectivity index is 3.00. The topological polar surface area (TPSA) is 60.4 Å². The molecule has 0 saturated carbocycles. The Morgan fingerprint density at radius 2 is 1.90 bits per heavy atom. The third-order valence-corrected chi connectivity index (χ3v) is 4.73. The average molecular weight is 296 g/mol. The van der Waals surface area contributed by atoms with Crippen LogP contribution in [0.25, 0.3) is 0 Å². The molecule has 0 unspecified atom stereocenters. The number of benzene rings is 1. The van der Waals surface area contributed by atoms with E-state index in [0.717, 1.165) is 12.8 Å². The van der Waals surface area contributed by atoms with Crippen LogP contribution in [0, 0.1) is 0 Å². The summed E-state index contributed by atoms with van der Waals surface area (Å²) in [6, 6.07) is 8.29. The molecule has 1 aromatic rings. The third kappa shape index (κ3) is 4.81.